The number of nitrogens with zero attached hydrogens (tertiary/aromatic N) is 2. The third-order valence-electron chi connectivity index (χ3n) is 4.57. The fourth-order valence-corrected chi connectivity index (χ4v) is 4.48. The molecule has 0 spiro atoms. The van der Waals surface area contributed by atoms with Crippen LogP contribution in [0.15, 0.2) is 47.3 Å². The van der Waals surface area contributed by atoms with Crippen LogP contribution in [0.4, 0.5) is 5.82 Å². The van der Waals surface area contributed by atoms with Crippen molar-refractivity contribution in [2.45, 2.75) is 0 Å². The maximum Gasteiger partial charge on any atom is 0.196 e. The van der Waals surface area contributed by atoms with E-state index in [-0.39, 0.29) is 5.43 Å². The maximum absolute atomic E-state index is 13.4. The van der Waals surface area contributed by atoms with Gasteiger partial charge in [0, 0.05) is 23.9 Å². The van der Waals surface area contributed by atoms with Crippen molar-refractivity contribution in [2.75, 3.05) is 39.6 Å². The first kappa shape index (κ1) is 17.7. The van der Waals surface area contributed by atoms with Gasteiger partial charge in [-0.3, -0.25) is 4.79 Å². The lowest BCUT2D eigenvalue weighted by Gasteiger charge is -2.14. The largest absolute Gasteiger partial charge is 0.495 e. The number of fused-ring (bicyclic) bond motifs is 4. The number of hydrogen-bond donors (Lipinski definition) is 1. The summed E-state index contributed by atoms with van der Waals surface area (Å²) in [5, 5.41) is 5.71. The molecule has 138 valence electrons. The smallest absolute Gasteiger partial charge is 0.196 e. The number of anilines is 1. The van der Waals surface area contributed by atoms with Crippen molar-refractivity contribution in [3.05, 3.63) is 52.7 Å². The van der Waals surface area contributed by atoms with Gasteiger partial charge >= 0.3 is 0 Å². The number of aromatic nitrogens is 1. The molecule has 2 heterocycles. The molecular formula is C21H21N3O2S. The standard InChI is InChI=1S/C21H21N3O2S/c1-24(2)12-11-22-21-20-17(13-7-4-5-9-15(13)23-21)18(25)14-8-6-10-16(26-3)19(14)27-20/h4-10H,11-12H2,1-3H3,(H,22,23). The Kier molecular flexibility index (Phi) is 4.68. The number of rotatable bonds is 5. The van der Waals surface area contributed by atoms with Crippen molar-refractivity contribution in [1.82, 2.24) is 9.88 Å². The van der Waals surface area contributed by atoms with Crippen LogP contribution in [-0.2, 0) is 0 Å². The van der Waals surface area contributed by atoms with Crippen LogP contribution in [0.25, 0.3) is 31.1 Å². The van der Waals surface area contributed by atoms with E-state index < -0.39 is 0 Å². The van der Waals surface area contributed by atoms with Crippen molar-refractivity contribution >= 4 is 48.2 Å². The topological polar surface area (TPSA) is 54.5 Å². The molecule has 0 atom stereocenters. The quantitative estimate of drug-likeness (QED) is 0.420. The zero-order chi connectivity index (χ0) is 19.0. The van der Waals surface area contributed by atoms with Crippen molar-refractivity contribution in [2.24, 2.45) is 0 Å². The fourth-order valence-electron chi connectivity index (χ4n) is 3.23. The zero-order valence-corrected chi connectivity index (χ0v) is 16.4. The van der Waals surface area contributed by atoms with Crippen LogP contribution >= 0.6 is 11.3 Å². The minimum absolute atomic E-state index is 0.0203. The van der Waals surface area contributed by atoms with Gasteiger partial charge in [-0.2, -0.15) is 0 Å². The maximum atomic E-state index is 13.4. The minimum atomic E-state index is 0.0203. The fraction of sp³-hybridized carbons (Fsp3) is 0.238. The number of benzene rings is 2. The number of likely N-dealkylation sites (N-methyl/N-ethyl adjacent to an activating group) is 1. The van der Waals surface area contributed by atoms with E-state index in [0.717, 1.165) is 44.6 Å². The average Bonchev–Trinajstić information content (AvgIpc) is 2.67. The first-order valence-electron chi connectivity index (χ1n) is 8.81. The van der Waals surface area contributed by atoms with Crippen molar-refractivity contribution < 1.29 is 4.74 Å². The Hall–Kier alpha value is -2.70. The number of pyridine rings is 1. The Morgan fingerprint density at radius 3 is 2.63 bits per heavy atom. The minimum Gasteiger partial charge on any atom is -0.495 e. The van der Waals surface area contributed by atoms with E-state index in [1.54, 1.807) is 18.4 Å². The van der Waals surface area contributed by atoms with Gasteiger partial charge in [0.25, 0.3) is 0 Å². The number of para-hydroxylation sites is 1. The number of ether oxygens (including phenoxy) is 1. The van der Waals surface area contributed by atoms with Gasteiger partial charge in [0.2, 0.25) is 0 Å². The molecule has 6 heteroatoms. The Balaban J connectivity index is 2.07. The molecule has 2 aromatic heterocycles. The monoisotopic (exact) mass is 379 g/mol. The van der Waals surface area contributed by atoms with E-state index in [4.69, 9.17) is 9.72 Å². The summed E-state index contributed by atoms with van der Waals surface area (Å²) < 4.78 is 7.22. The van der Waals surface area contributed by atoms with E-state index >= 15 is 0 Å². The lowest BCUT2D eigenvalue weighted by atomic mass is 10.1. The van der Waals surface area contributed by atoms with Gasteiger partial charge in [-0.25, -0.2) is 4.98 Å². The second kappa shape index (κ2) is 7.13. The molecule has 0 saturated heterocycles. The molecule has 0 unspecified atom stereocenters. The highest BCUT2D eigenvalue weighted by Crippen LogP contribution is 2.37. The van der Waals surface area contributed by atoms with Crippen LogP contribution in [0.1, 0.15) is 0 Å². The highest BCUT2D eigenvalue weighted by molar-refractivity contribution is 7.25. The molecule has 0 fully saturated rings. The van der Waals surface area contributed by atoms with Crippen LogP contribution < -0.4 is 15.5 Å². The molecule has 2 aromatic carbocycles. The third kappa shape index (κ3) is 3.11. The van der Waals surface area contributed by atoms with Crippen LogP contribution in [0.2, 0.25) is 0 Å². The molecule has 27 heavy (non-hydrogen) atoms. The van der Waals surface area contributed by atoms with Gasteiger partial charge in [-0.05, 0) is 32.3 Å². The molecule has 0 aliphatic carbocycles. The van der Waals surface area contributed by atoms with Gasteiger partial charge in [-0.1, -0.05) is 24.3 Å². The number of nitrogens with one attached hydrogen (secondary N) is 1. The normalized spacial score (nSPS) is 11.6. The average molecular weight is 379 g/mol. The summed E-state index contributed by atoms with van der Waals surface area (Å²) >= 11 is 1.55. The summed E-state index contributed by atoms with van der Waals surface area (Å²) in [6, 6.07) is 13.4. The van der Waals surface area contributed by atoms with Gasteiger partial charge < -0.3 is 15.0 Å². The summed E-state index contributed by atoms with van der Waals surface area (Å²) in [4.78, 5) is 20.3. The van der Waals surface area contributed by atoms with E-state index in [2.05, 4.69) is 10.2 Å². The lowest BCUT2D eigenvalue weighted by molar-refractivity contribution is 0.420. The Morgan fingerprint density at radius 1 is 1.07 bits per heavy atom. The molecule has 4 rings (SSSR count). The van der Waals surface area contributed by atoms with Crippen molar-refractivity contribution in [3.63, 3.8) is 0 Å². The predicted octanol–water partition coefficient (Wildman–Crippen LogP) is 3.95. The Labute approximate surface area is 161 Å². The second-order valence-corrected chi connectivity index (χ2v) is 7.70. The van der Waals surface area contributed by atoms with Crippen LogP contribution in [-0.4, -0.2) is 44.2 Å². The van der Waals surface area contributed by atoms with E-state index in [1.807, 2.05) is 56.6 Å². The lowest BCUT2D eigenvalue weighted by Crippen LogP contribution is -2.21. The molecular weight excluding hydrogens is 358 g/mol. The summed E-state index contributed by atoms with van der Waals surface area (Å²) in [6.07, 6.45) is 0. The van der Waals surface area contributed by atoms with Crippen LogP contribution in [0.3, 0.4) is 0 Å². The molecule has 4 aromatic rings. The molecule has 5 nitrogen and oxygen atoms in total. The first-order chi connectivity index (χ1) is 13.1. The molecule has 0 amide bonds. The summed E-state index contributed by atoms with van der Waals surface area (Å²) in [5.74, 6) is 1.46. The molecule has 0 aliphatic heterocycles. The van der Waals surface area contributed by atoms with Gasteiger partial charge in [0.1, 0.15) is 11.6 Å². The summed E-state index contributed by atoms with van der Waals surface area (Å²) in [5.41, 5.74) is 0.843. The van der Waals surface area contributed by atoms with E-state index in [1.165, 1.54) is 0 Å². The highest BCUT2D eigenvalue weighted by Gasteiger charge is 2.16. The Morgan fingerprint density at radius 2 is 1.85 bits per heavy atom. The van der Waals surface area contributed by atoms with Gasteiger partial charge in [-0.15, -0.1) is 11.3 Å². The zero-order valence-electron chi connectivity index (χ0n) is 15.6. The molecule has 0 aliphatic rings. The van der Waals surface area contributed by atoms with E-state index in [0.29, 0.717) is 11.1 Å². The molecule has 0 saturated carbocycles. The van der Waals surface area contributed by atoms with Crippen LogP contribution in [0.5, 0.6) is 5.75 Å². The third-order valence-corrected chi connectivity index (χ3v) is 5.80. The van der Waals surface area contributed by atoms with Gasteiger partial charge in [0.15, 0.2) is 5.43 Å². The second-order valence-electron chi connectivity index (χ2n) is 6.68. The van der Waals surface area contributed by atoms with E-state index in [9.17, 15) is 4.79 Å². The number of methoxy groups -OCH3 is 1. The first-order valence-corrected chi connectivity index (χ1v) is 9.62. The Bertz CT molecular complexity index is 1200. The predicted molar refractivity (Wildman–Crippen MR) is 114 cm³/mol. The number of hydrogen-bond acceptors (Lipinski definition) is 6. The highest BCUT2D eigenvalue weighted by atomic mass is 32.1. The van der Waals surface area contributed by atoms with Crippen LogP contribution in [0, 0.1) is 0 Å². The molecule has 1 N–H and O–H groups in total. The van der Waals surface area contributed by atoms with Crippen molar-refractivity contribution in [1.29, 1.82) is 0 Å². The summed E-state index contributed by atoms with van der Waals surface area (Å²) in [6.45, 7) is 1.63. The molecule has 0 radical (unpaired) electrons. The summed E-state index contributed by atoms with van der Waals surface area (Å²) in [7, 11) is 5.69. The van der Waals surface area contributed by atoms with Gasteiger partial charge in [0.05, 0.1) is 27.4 Å². The van der Waals surface area contributed by atoms with Crippen molar-refractivity contribution in [3.8, 4) is 5.75 Å². The molecule has 0 bridgehead atoms. The SMILES string of the molecule is COc1cccc2c(=O)c3c(sc12)c(NCCN(C)C)nc1ccccc13.